The van der Waals surface area contributed by atoms with Gasteiger partial charge in [-0.1, -0.05) is 35.3 Å². The van der Waals surface area contributed by atoms with E-state index in [9.17, 15) is 9.90 Å². The van der Waals surface area contributed by atoms with E-state index in [0.29, 0.717) is 41.8 Å². The molecule has 2 saturated heterocycles. The molecular formula is C24H24Cl2N4O2. The smallest absolute Gasteiger partial charge is 0.253 e. The molecule has 2 aliphatic rings. The van der Waals surface area contributed by atoms with E-state index in [1.807, 2.05) is 35.2 Å². The van der Waals surface area contributed by atoms with Crippen molar-refractivity contribution in [2.75, 3.05) is 44.2 Å². The van der Waals surface area contributed by atoms with Gasteiger partial charge in [0, 0.05) is 55.2 Å². The fraction of sp³-hybridized carbons (Fsp3) is 0.333. The number of amides is 1. The van der Waals surface area contributed by atoms with Crippen LogP contribution in [0.15, 0.2) is 54.6 Å². The van der Waals surface area contributed by atoms with Crippen LogP contribution in [0.2, 0.25) is 10.0 Å². The van der Waals surface area contributed by atoms with Gasteiger partial charge in [-0.05, 0) is 42.5 Å². The van der Waals surface area contributed by atoms with E-state index in [4.69, 9.17) is 28.2 Å². The molecule has 2 aromatic carbocycles. The van der Waals surface area contributed by atoms with Crippen molar-refractivity contribution >= 4 is 45.8 Å². The number of aliphatic hydroxyl groups excluding tert-OH is 1. The number of pyridine rings is 1. The van der Waals surface area contributed by atoms with E-state index in [1.54, 1.807) is 24.3 Å². The molecule has 3 heterocycles. The van der Waals surface area contributed by atoms with Crippen molar-refractivity contribution in [3.8, 4) is 0 Å². The van der Waals surface area contributed by atoms with Gasteiger partial charge < -0.3 is 14.9 Å². The van der Waals surface area contributed by atoms with Crippen LogP contribution in [0.1, 0.15) is 10.4 Å². The first-order valence-corrected chi connectivity index (χ1v) is 11.5. The number of benzene rings is 2. The predicted molar refractivity (Wildman–Crippen MR) is 128 cm³/mol. The average Bonchev–Trinajstić information content (AvgIpc) is 3.21. The second kappa shape index (κ2) is 8.87. The molecular weight excluding hydrogens is 447 g/mol. The number of hydrogen-bond donors (Lipinski definition) is 1. The Morgan fingerprint density at radius 3 is 2.44 bits per heavy atom. The summed E-state index contributed by atoms with van der Waals surface area (Å²) in [6.07, 6.45) is -0.475. The minimum atomic E-state index is -0.475. The monoisotopic (exact) mass is 470 g/mol. The highest BCUT2D eigenvalue weighted by molar-refractivity contribution is 6.35. The quantitative estimate of drug-likeness (QED) is 0.634. The number of aliphatic hydroxyl groups is 1. The zero-order valence-corrected chi connectivity index (χ0v) is 19.0. The van der Waals surface area contributed by atoms with Gasteiger partial charge in [0.2, 0.25) is 0 Å². The molecule has 0 spiro atoms. The third-order valence-electron chi connectivity index (χ3n) is 6.40. The maximum absolute atomic E-state index is 12.8. The van der Waals surface area contributed by atoms with E-state index in [0.717, 1.165) is 29.8 Å². The molecule has 2 aliphatic heterocycles. The first-order valence-electron chi connectivity index (χ1n) is 10.8. The van der Waals surface area contributed by atoms with E-state index < -0.39 is 6.10 Å². The summed E-state index contributed by atoms with van der Waals surface area (Å²) < 4.78 is 0. The van der Waals surface area contributed by atoms with Gasteiger partial charge >= 0.3 is 0 Å². The average molecular weight is 471 g/mol. The lowest BCUT2D eigenvalue weighted by molar-refractivity contribution is 0.0376. The minimum absolute atomic E-state index is 0.00604. The van der Waals surface area contributed by atoms with E-state index in [2.05, 4.69) is 9.80 Å². The van der Waals surface area contributed by atoms with Crippen LogP contribution >= 0.6 is 23.2 Å². The Morgan fingerprint density at radius 2 is 1.69 bits per heavy atom. The summed E-state index contributed by atoms with van der Waals surface area (Å²) >= 11 is 12.3. The lowest BCUT2D eigenvalue weighted by atomic mass is 10.1. The number of β-amino-alcohol motifs (C(OH)–C–C–N with tert-alkyl or cyclic N) is 1. The number of piperazine rings is 1. The fourth-order valence-electron chi connectivity index (χ4n) is 4.62. The lowest BCUT2D eigenvalue weighted by Gasteiger charge is -2.38. The number of rotatable bonds is 3. The fourth-order valence-corrected chi connectivity index (χ4v) is 4.97. The molecule has 0 saturated carbocycles. The molecule has 1 N–H and O–H groups in total. The Labute approximate surface area is 197 Å². The van der Waals surface area contributed by atoms with Gasteiger partial charge in [-0.15, -0.1) is 0 Å². The second-order valence-electron chi connectivity index (χ2n) is 8.36. The number of carbonyl (C=O) groups excluding carboxylic acids is 1. The molecule has 32 heavy (non-hydrogen) atoms. The molecule has 0 aliphatic carbocycles. The van der Waals surface area contributed by atoms with Gasteiger partial charge in [0.05, 0.1) is 22.7 Å². The van der Waals surface area contributed by atoms with Crippen molar-refractivity contribution in [2.24, 2.45) is 0 Å². The van der Waals surface area contributed by atoms with Crippen molar-refractivity contribution < 1.29 is 9.90 Å². The molecule has 0 radical (unpaired) electrons. The molecule has 166 valence electrons. The van der Waals surface area contributed by atoms with Crippen LogP contribution in [-0.2, 0) is 0 Å². The Kier molecular flexibility index (Phi) is 5.95. The zero-order valence-electron chi connectivity index (χ0n) is 17.5. The third-order valence-corrected chi connectivity index (χ3v) is 6.96. The predicted octanol–water partition coefficient (Wildman–Crippen LogP) is 3.55. The summed E-state index contributed by atoms with van der Waals surface area (Å²) in [5, 5.41) is 13.0. The Hall–Kier alpha value is -2.38. The molecule has 2 fully saturated rings. The van der Waals surface area contributed by atoms with Gasteiger partial charge in [-0.25, -0.2) is 4.98 Å². The van der Waals surface area contributed by atoms with Crippen LogP contribution in [-0.4, -0.2) is 77.2 Å². The van der Waals surface area contributed by atoms with Crippen LogP contribution < -0.4 is 4.90 Å². The topological polar surface area (TPSA) is 59.9 Å². The molecule has 5 rings (SSSR count). The van der Waals surface area contributed by atoms with Crippen LogP contribution in [0, 0.1) is 0 Å². The molecule has 2 unspecified atom stereocenters. The van der Waals surface area contributed by atoms with Gasteiger partial charge in [0.15, 0.2) is 0 Å². The maximum atomic E-state index is 12.8. The molecule has 0 bridgehead atoms. The number of carbonyl (C=O) groups is 1. The highest BCUT2D eigenvalue weighted by Crippen LogP contribution is 2.28. The van der Waals surface area contributed by atoms with Crippen molar-refractivity contribution in [2.45, 2.75) is 12.1 Å². The third kappa shape index (κ3) is 4.16. The van der Waals surface area contributed by atoms with Crippen LogP contribution in [0.5, 0.6) is 0 Å². The van der Waals surface area contributed by atoms with E-state index in [-0.39, 0.29) is 11.9 Å². The molecule has 1 aromatic heterocycles. The Balaban J connectivity index is 1.23. The van der Waals surface area contributed by atoms with E-state index in [1.165, 1.54) is 0 Å². The summed E-state index contributed by atoms with van der Waals surface area (Å²) in [7, 11) is 0. The summed E-state index contributed by atoms with van der Waals surface area (Å²) in [6.45, 7) is 3.94. The van der Waals surface area contributed by atoms with Crippen LogP contribution in [0.4, 0.5) is 5.82 Å². The summed E-state index contributed by atoms with van der Waals surface area (Å²) in [5.41, 5.74) is 1.43. The van der Waals surface area contributed by atoms with E-state index >= 15 is 0 Å². The van der Waals surface area contributed by atoms with Crippen molar-refractivity contribution in [1.82, 2.24) is 14.8 Å². The Morgan fingerprint density at radius 1 is 0.938 bits per heavy atom. The first-order chi connectivity index (χ1) is 15.5. The molecule has 2 atom stereocenters. The zero-order chi connectivity index (χ0) is 22.2. The minimum Gasteiger partial charge on any atom is -0.390 e. The second-order valence-corrected chi connectivity index (χ2v) is 9.20. The number of anilines is 1. The van der Waals surface area contributed by atoms with Gasteiger partial charge in [-0.2, -0.15) is 0 Å². The van der Waals surface area contributed by atoms with Gasteiger partial charge in [0.25, 0.3) is 5.91 Å². The number of para-hydroxylation sites is 1. The lowest BCUT2D eigenvalue weighted by Crippen LogP contribution is -2.54. The highest BCUT2D eigenvalue weighted by Gasteiger charge is 2.38. The van der Waals surface area contributed by atoms with Crippen LogP contribution in [0.25, 0.3) is 10.9 Å². The number of nitrogens with zero attached hydrogens (tertiary/aromatic N) is 4. The van der Waals surface area contributed by atoms with Gasteiger partial charge in [0.1, 0.15) is 5.82 Å². The molecule has 3 aromatic rings. The first kappa shape index (κ1) is 21.5. The van der Waals surface area contributed by atoms with Gasteiger partial charge in [-0.3, -0.25) is 9.69 Å². The summed E-state index contributed by atoms with van der Waals surface area (Å²) in [5.74, 6) is 0.843. The highest BCUT2D eigenvalue weighted by atomic mass is 35.5. The van der Waals surface area contributed by atoms with Crippen molar-refractivity contribution in [3.63, 3.8) is 0 Å². The largest absolute Gasteiger partial charge is 0.390 e. The number of hydrogen-bond acceptors (Lipinski definition) is 5. The maximum Gasteiger partial charge on any atom is 0.253 e. The molecule has 6 nitrogen and oxygen atoms in total. The van der Waals surface area contributed by atoms with Crippen molar-refractivity contribution in [1.29, 1.82) is 0 Å². The number of aromatic nitrogens is 1. The van der Waals surface area contributed by atoms with Crippen LogP contribution in [0.3, 0.4) is 0 Å². The molecule has 1 amide bonds. The Bertz CT molecular complexity index is 1130. The number of halogens is 2. The standard InChI is InChI=1S/C24H24Cl2N4O2/c25-18-7-4-17(5-8-18)24(32)29-12-10-28(11-13-29)20-14-30(15-21(20)31)22-9-6-16-2-1-3-19(26)23(16)27-22/h1-9,20-21,31H,10-15H2. The summed E-state index contributed by atoms with van der Waals surface area (Å²) in [4.78, 5) is 23.8. The normalized spacial score (nSPS) is 22.0. The molecule has 8 heteroatoms. The SMILES string of the molecule is O=C(c1ccc(Cl)cc1)N1CCN(C2CN(c3ccc4cccc(Cl)c4n3)CC2O)CC1. The number of fused-ring (bicyclic) bond motifs is 1. The van der Waals surface area contributed by atoms with Crippen molar-refractivity contribution in [3.05, 3.63) is 70.2 Å². The summed E-state index contributed by atoms with van der Waals surface area (Å²) in [6, 6.07) is 16.8.